The van der Waals surface area contributed by atoms with Gasteiger partial charge in [-0.3, -0.25) is 24.0 Å². The van der Waals surface area contributed by atoms with E-state index in [4.69, 9.17) is 14.2 Å². The number of rotatable bonds is 7. The van der Waals surface area contributed by atoms with Crippen LogP contribution >= 0.6 is 0 Å². The van der Waals surface area contributed by atoms with E-state index < -0.39 is 29.5 Å². The predicted molar refractivity (Wildman–Crippen MR) is 107 cm³/mol. The zero-order chi connectivity index (χ0) is 23.4. The van der Waals surface area contributed by atoms with E-state index in [0.717, 1.165) is 19.9 Å². The molecule has 3 rings (SSSR count). The number of amides is 1. The Hall–Kier alpha value is -4.34. The maximum Gasteiger partial charge on any atom is 0.338 e. The van der Waals surface area contributed by atoms with Crippen molar-refractivity contribution in [3.63, 3.8) is 0 Å². The lowest BCUT2D eigenvalue weighted by Gasteiger charge is -2.22. The number of carbonyl (C=O) groups is 6. The van der Waals surface area contributed by atoms with Gasteiger partial charge in [0.05, 0.1) is 23.2 Å². The summed E-state index contributed by atoms with van der Waals surface area (Å²) >= 11 is 0. The standard InChI is InChI=1S/C22H17NO9/c1-11(25)31-16-5-3-4-14-18(16)21(28)19-15(20(14)27)8-13(9-17(19)32-12(2)26)22(29)30-7-6-23-10-24/h3-5,8-10H,6-7H2,1-2H3,(H,23,24). The molecule has 2 aromatic carbocycles. The van der Waals surface area contributed by atoms with Crippen LogP contribution in [0, 0.1) is 0 Å². The summed E-state index contributed by atoms with van der Waals surface area (Å²) in [7, 11) is 0. The van der Waals surface area contributed by atoms with Gasteiger partial charge in [0.1, 0.15) is 18.1 Å². The maximum absolute atomic E-state index is 13.3. The van der Waals surface area contributed by atoms with Crippen LogP contribution in [-0.4, -0.2) is 49.0 Å². The fraction of sp³-hybridized carbons (Fsp3) is 0.182. The summed E-state index contributed by atoms with van der Waals surface area (Å²) in [5, 5.41) is 2.32. The molecule has 0 spiro atoms. The molecule has 10 heteroatoms. The third-order valence-corrected chi connectivity index (χ3v) is 4.38. The predicted octanol–water partition coefficient (Wildman–Crippen LogP) is 1.22. The zero-order valence-electron chi connectivity index (χ0n) is 17.1. The number of carbonyl (C=O) groups excluding carboxylic acids is 6. The molecule has 32 heavy (non-hydrogen) atoms. The van der Waals surface area contributed by atoms with Crippen molar-refractivity contribution in [2.45, 2.75) is 13.8 Å². The van der Waals surface area contributed by atoms with Gasteiger partial charge in [-0.15, -0.1) is 0 Å². The van der Waals surface area contributed by atoms with Crippen molar-refractivity contribution in [1.82, 2.24) is 5.32 Å². The summed E-state index contributed by atoms with van der Waals surface area (Å²) in [6.45, 7) is 2.17. The number of hydrogen-bond donors (Lipinski definition) is 1. The molecule has 0 aromatic heterocycles. The van der Waals surface area contributed by atoms with Crippen molar-refractivity contribution in [2.24, 2.45) is 0 Å². The van der Waals surface area contributed by atoms with Crippen molar-refractivity contribution in [2.75, 3.05) is 13.2 Å². The van der Waals surface area contributed by atoms with Crippen LogP contribution in [0.2, 0.25) is 0 Å². The monoisotopic (exact) mass is 439 g/mol. The summed E-state index contributed by atoms with van der Waals surface area (Å²) in [5.41, 5.74) is -0.720. The number of benzene rings is 2. The van der Waals surface area contributed by atoms with E-state index >= 15 is 0 Å². The van der Waals surface area contributed by atoms with Gasteiger partial charge in [0.15, 0.2) is 5.78 Å². The maximum atomic E-state index is 13.3. The Bertz CT molecular complexity index is 1170. The van der Waals surface area contributed by atoms with Crippen molar-refractivity contribution < 1.29 is 43.0 Å². The van der Waals surface area contributed by atoms with Gasteiger partial charge in [-0.1, -0.05) is 12.1 Å². The van der Waals surface area contributed by atoms with Crippen molar-refractivity contribution in [1.29, 1.82) is 0 Å². The minimum absolute atomic E-state index is 0.0317. The molecule has 0 bridgehead atoms. The SMILES string of the molecule is CC(=O)Oc1cccc2c1C(=O)c1c(OC(C)=O)cc(C(=O)OCCNC=O)cc1C2=O. The molecule has 0 atom stereocenters. The highest BCUT2D eigenvalue weighted by atomic mass is 16.5. The normalized spacial score (nSPS) is 11.7. The second-order valence-corrected chi connectivity index (χ2v) is 6.63. The van der Waals surface area contributed by atoms with Crippen molar-refractivity contribution >= 4 is 35.9 Å². The highest BCUT2D eigenvalue weighted by molar-refractivity contribution is 6.30. The minimum atomic E-state index is -0.853. The highest BCUT2D eigenvalue weighted by Gasteiger charge is 2.36. The van der Waals surface area contributed by atoms with Crippen LogP contribution in [0.4, 0.5) is 0 Å². The number of ketones is 2. The van der Waals surface area contributed by atoms with Crippen LogP contribution < -0.4 is 14.8 Å². The molecule has 10 nitrogen and oxygen atoms in total. The molecule has 1 aliphatic rings. The van der Waals surface area contributed by atoms with Gasteiger partial charge in [-0.05, 0) is 18.2 Å². The van der Waals surface area contributed by atoms with Crippen molar-refractivity contribution in [3.05, 3.63) is 58.1 Å². The molecule has 0 saturated carbocycles. The first-order chi connectivity index (χ1) is 15.2. The van der Waals surface area contributed by atoms with Gasteiger partial charge in [-0.2, -0.15) is 0 Å². The molecular formula is C22H17NO9. The Kier molecular flexibility index (Phi) is 6.43. The molecule has 1 amide bonds. The van der Waals surface area contributed by atoms with E-state index in [1.54, 1.807) is 0 Å². The molecule has 0 radical (unpaired) electrons. The molecule has 0 unspecified atom stereocenters. The summed E-state index contributed by atoms with van der Waals surface area (Å²) in [4.78, 5) is 72.2. The summed E-state index contributed by atoms with van der Waals surface area (Å²) in [6, 6.07) is 6.46. The van der Waals surface area contributed by atoms with Crippen LogP contribution in [0.5, 0.6) is 11.5 Å². The topological polar surface area (TPSA) is 142 Å². The van der Waals surface area contributed by atoms with Gasteiger partial charge >= 0.3 is 17.9 Å². The Morgan fingerprint density at radius 1 is 0.906 bits per heavy atom. The lowest BCUT2D eigenvalue weighted by molar-refractivity contribution is -0.132. The number of fused-ring (bicyclic) bond motifs is 2. The Morgan fingerprint density at radius 3 is 2.22 bits per heavy atom. The molecule has 2 aromatic rings. The molecule has 0 fully saturated rings. The van der Waals surface area contributed by atoms with Crippen LogP contribution in [0.15, 0.2) is 30.3 Å². The minimum Gasteiger partial charge on any atom is -0.460 e. The van der Waals surface area contributed by atoms with E-state index in [1.807, 2.05) is 0 Å². The molecule has 0 saturated heterocycles. The van der Waals surface area contributed by atoms with Crippen LogP contribution in [0.3, 0.4) is 0 Å². The second-order valence-electron chi connectivity index (χ2n) is 6.63. The molecule has 1 aliphatic carbocycles. The molecule has 0 aliphatic heterocycles. The summed E-state index contributed by atoms with van der Waals surface area (Å²) < 4.78 is 15.2. The Labute approximate surface area is 181 Å². The Balaban J connectivity index is 2.11. The number of esters is 3. The number of hydrogen-bond acceptors (Lipinski definition) is 9. The zero-order valence-corrected chi connectivity index (χ0v) is 17.1. The molecule has 0 heterocycles. The van der Waals surface area contributed by atoms with Gasteiger partial charge in [0.2, 0.25) is 12.2 Å². The molecule has 164 valence electrons. The highest BCUT2D eigenvalue weighted by Crippen LogP contribution is 2.38. The number of nitrogens with one attached hydrogen (secondary N) is 1. The Morgan fingerprint density at radius 2 is 1.56 bits per heavy atom. The van der Waals surface area contributed by atoms with E-state index in [0.29, 0.717) is 6.41 Å². The fourth-order valence-electron chi connectivity index (χ4n) is 3.19. The van der Waals surface area contributed by atoms with Crippen molar-refractivity contribution in [3.8, 4) is 11.5 Å². The molecular weight excluding hydrogens is 422 g/mol. The number of ether oxygens (including phenoxy) is 3. The van der Waals surface area contributed by atoms with Gasteiger partial charge < -0.3 is 19.5 Å². The van der Waals surface area contributed by atoms with E-state index in [2.05, 4.69) is 5.32 Å². The summed E-state index contributed by atoms with van der Waals surface area (Å²) in [6.07, 6.45) is 0.442. The molecule has 1 N–H and O–H groups in total. The first kappa shape index (κ1) is 22.3. The third kappa shape index (κ3) is 4.38. The first-order valence-corrected chi connectivity index (χ1v) is 9.36. The van der Waals surface area contributed by atoms with E-state index in [1.165, 1.54) is 24.3 Å². The van der Waals surface area contributed by atoms with Crippen LogP contribution in [0.1, 0.15) is 56.0 Å². The lowest BCUT2D eigenvalue weighted by atomic mass is 9.82. The largest absolute Gasteiger partial charge is 0.460 e. The van der Waals surface area contributed by atoms with E-state index in [-0.39, 0.29) is 52.5 Å². The second kappa shape index (κ2) is 9.21. The fourth-order valence-corrected chi connectivity index (χ4v) is 3.19. The quantitative estimate of drug-likeness (QED) is 0.249. The van der Waals surface area contributed by atoms with Crippen LogP contribution in [0.25, 0.3) is 0 Å². The van der Waals surface area contributed by atoms with E-state index in [9.17, 15) is 28.8 Å². The first-order valence-electron chi connectivity index (χ1n) is 9.36. The average Bonchev–Trinajstić information content (AvgIpc) is 2.73. The van der Waals surface area contributed by atoms with Crippen LogP contribution in [-0.2, 0) is 19.1 Å². The smallest absolute Gasteiger partial charge is 0.338 e. The average molecular weight is 439 g/mol. The summed E-state index contributed by atoms with van der Waals surface area (Å²) in [5.74, 6) is -4.09. The lowest BCUT2D eigenvalue weighted by Crippen LogP contribution is -2.25. The van der Waals surface area contributed by atoms with Gasteiger partial charge in [-0.25, -0.2) is 4.79 Å². The van der Waals surface area contributed by atoms with Gasteiger partial charge in [0.25, 0.3) is 0 Å². The third-order valence-electron chi connectivity index (χ3n) is 4.38. The van der Waals surface area contributed by atoms with Gasteiger partial charge in [0, 0.05) is 25.0 Å².